The third kappa shape index (κ3) is 4.03. The molecule has 2 aromatic rings. The third-order valence-corrected chi connectivity index (χ3v) is 3.09. The minimum Gasteiger partial charge on any atom is -0.392 e. The Balaban J connectivity index is 1.90. The number of rotatable bonds is 5. The number of halogens is 2. The van der Waals surface area contributed by atoms with Gasteiger partial charge in [0.15, 0.2) is 0 Å². The van der Waals surface area contributed by atoms with E-state index in [1.807, 2.05) is 24.3 Å². The first-order valence-electron chi connectivity index (χ1n) is 6.02. The van der Waals surface area contributed by atoms with Crippen LogP contribution in [0.3, 0.4) is 0 Å². The zero-order valence-electron chi connectivity index (χ0n) is 10.4. The van der Waals surface area contributed by atoms with Crippen LogP contribution in [0.25, 0.3) is 0 Å². The van der Waals surface area contributed by atoms with E-state index >= 15 is 0 Å². The molecule has 0 bridgehead atoms. The van der Waals surface area contributed by atoms with E-state index in [0.29, 0.717) is 23.7 Å². The third-order valence-electron chi connectivity index (χ3n) is 2.86. The van der Waals surface area contributed by atoms with Gasteiger partial charge in [0, 0.05) is 23.7 Å². The van der Waals surface area contributed by atoms with Crippen molar-refractivity contribution in [1.29, 1.82) is 0 Å². The molecule has 0 atom stereocenters. The van der Waals surface area contributed by atoms with Crippen LogP contribution in [0.15, 0.2) is 42.5 Å². The smallest absolute Gasteiger partial charge is 0.127 e. The van der Waals surface area contributed by atoms with E-state index in [1.165, 1.54) is 12.1 Å². The van der Waals surface area contributed by atoms with Crippen LogP contribution in [0.4, 0.5) is 4.39 Å². The summed E-state index contributed by atoms with van der Waals surface area (Å²) in [5, 5.41) is 12.6. The van der Waals surface area contributed by atoms with Crippen LogP contribution in [-0.2, 0) is 19.7 Å². The zero-order chi connectivity index (χ0) is 13.7. The molecule has 0 spiro atoms. The molecule has 19 heavy (non-hydrogen) atoms. The summed E-state index contributed by atoms with van der Waals surface area (Å²) in [5.74, 6) is -0.257. The van der Waals surface area contributed by atoms with E-state index in [0.717, 1.165) is 11.1 Å². The Hall–Kier alpha value is -1.42. The van der Waals surface area contributed by atoms with Crippen LogP contribution in [0, 0.1) is 5.82 Å². The first-order chi connectivity index (χ1) is 9.19. The van der Waals surface area contributed by atoms with Gasteiger partial charge in [-0.25, -0.2) is 4.39 Å². The van der Waals surface area contributed by atoms with E-state index in [9.17, 15) is 4.39 Å². The first kappa shape index (κ1) is 14.0. The summed E-state index contributed by atoms with van der Waals surface area (Å²) in [4.78, 5) is 0. The Morgan fingerprint density at radius 2 is 1.68 bits per heavy atom. The fraction of sp³-hybridized carbons (Fsp3) is 0.200. The number of hydrogen-bond donors (Lipinski definition) is 2. The molecule has 2 aromatic carbocycles. The molecule has 0 aromatic heterocycles. The second kappa shape index (κ2) is 6.66. The van der Waals surface area contributed by atoms with Crippen molar-refractivity contribution in [2.24, 2.45) is 0 Å². The predicted octanol–water partition coefficient (Wildman–Crippen LogP) is 3.26. The van der Waals surface area contributed by atoms with Crippen LogP contribution in [0.2, 0.25) is 5.02 Å². The summed E-state index contributed by atoms with van der Waals surface area (Å²) in [7, 11) is 0. The van der Waals surface area contributed by atoms with E-state index in [4.69, 9.17) is 16.7 Å². The highest BCUT2D eigenvalue weighted by Crippen LogP contribution is 2.14. The topological polar surface area (TPSA) is 32.3 Å². The van der Waals surface area contributed by atoms with Gasteiger partial charge in [-0.1, -0.05) is 35.9 Å². The molecule has 0 aliphatic carbocycles. The molecule has 0 amide bonds. The average molecular weight is 280 g/mol. The van der Waals surface area contributed by atoms with E-state index < -0.39 is 0 Å². The highest BCUT2D eigenvalue weighted by atomic mass is 35.5. The molecule has 0 fully saturated rings. The second-order valence-electron chi connectivity index (χ2n) is 4.31. The lowest BCUT2D eigenvalue weighted by molar-refractivity contribution is 0.282. The van der Waals surface area contributed by atoms with Gasteiger partial charge in [-0.2, -0.15) is 0 Å². The zero-order valence-corrected chi connectivity index (χ0v) is 11.1. The number of hydrogen-bond acceptors (Lipinski definition) is 2. The lowest BCUT2D eigenvalue weighted by Crippen LogP contribution is -2.13. The predicted molar refractivity (Wildman–Crippen MR) is 74.3 cm³/mol. The molecule has 2 N–H and O–H groups in total. The van der Waals surface area contributed by atoms with Crippen molar-refractivity contribution in [2.75, 3.05) is 0 Å². The van der Waals surface area contributed by atoms with Gasteiger partial charge in [-0.3, -0.25) is 0 Å². The van der Waals surface area contributed by atoms with E-state index in [2.05, 4.69) is 5.32 Å². The fourth-order valence-corrected chi connectivity index (χ4v) is 1.98. The maximum absolute atomic E-state index is 13.5. The highest BCUT2D eigenvalue weighted by Gasteiger charge is 2.02. The summed E-state index contributed by atoms with van der Waals surface area (Å²) < 4.78 is 13.5. The van der Waals surface area contributed by atoms with Crippen molar-refractivity contribution < 1.29 is 9.50 Å². The van der Waals surface area contributed by atoms with Crippen molar-refractivity contribution in [3.05, 3.63) is 70.0 Å². The Morgan fingerprint density at radius 3 is 2.37 bits per heavy atom. The Kier molecular flexibility index (Phi) is 4.91. The summed E-state index contributed by atoms with van der Waals surface area (Å²) >= 11 is 5.83. The molecule has 0 saturated carbocycles. The molecular formula is C15H15ClFNO. The van der Waals surface area contributed by atoms with Crippen LogP contribution in [-0.4, -0.2) is 5.11 Å². The van der Waals surface area contributed by atoms with Gasteiger partial charge in [0.1, 0.15) is 5.82 Å². The maximum atomic E-state index is 13.5. The van der Waals surface area contributed by atoms with Crippen LogP contribution >= 0.6 is 11.6 Å². The number of aliphatic hydroxyl groups excluding tert-OH is 1. The molecule has 0 aliphatic rings. The lowest BCUT2D eigenvalue weighted by Gasteiger charge is -2.07. The van der Waals surface area contributed by atoms with Crippen LogP contribution in [0.5, 0.6) is 0 Å². The fourth-order valence-electron chi connectivity index (χ4n) is 1.78. The van der Waals surface area contributed by atoms with Crippen LogP contribution in [0.1, 0.15) is 16.7 Å². The summed E-state index contributed by atoms with van der Waals surface area (Å²) in [6.07, 6.45) is 0. The molecule has 4 heteroatoms. The molecule has 0 unspecified atom stereocenters. The van der Waals surface area contributed by atoms with Crippen molar-refractivity contribution >= 4 is 11.6 Å². The summed E-state index contributed by atoms with van der Waals surface area (Å²) in [6.45, 7) is 1.10. The van der Waals surface area contributed by atoms with Crippen LogP contribution < -0.4 is 5.32 Å². The Labute approximate surface area is 116 Å². The molecular weight excluding hydrogens is 265 g/mol. The van der Waals surface area contributed by atoms with E-state index in [1.54, 1.807) is 6.07 Å². The largest absolute Gasteiger partial charge is 0.392 e. The van der Waals surface area contributed by atoms with Gasteiger partial charge in [0.25, 0.3) is 0 Å². The highest BCUT2D eigenvalue weighted by molar-refractivity contribution is 6.30. The van der Waals surface area contributed by atoms with Gasteiger partial charge in [0.05, 0.1) is 6.61 Å². The minimum atomic E-state index is -0.257. The summed E-state index contributed by atoms with van der Waals surface area (Å²) in [5.41, 5.74) is 2.52. The number of aliphatic hydroxyl groups is 1. The van der Waals surface area contributed by atoms with Gasteiger partial charge < -0.3 is 10.4 Å². The first-order valence-corrected chi connectivity index (χ1v) is 6.40. The number of nitrogens with one attached hydrogen (secondary N) is 1. The van der Waals surface area contributed by atoms with Gasteiger partial charge in [-0.05, 0) is 29.3 Å². The quantitative estimate of drug-likeness (QED) is 0.880. The molecule has 100 valence electrons. The van der Waals surface area contributed by atoms with Gasteiger partial charge in [0.2, 0.25) is 0 Å². The molecule has 0 saturated heterocycles. The Bertz CT molecular complexity index is 542. The number of benzene rings is 2. The van der Waals surface area contributed by atoms with Gasteiger partial charge >= 0.3 is 0 Å². The van der Waals surface area contributed by atoms with Gasteiger partial charge in [-0.15, -0.1) is 0 Å². The van der Waals surface area contributed by atoms with Crippen molar-refractivity contribution in [1.82, 2.24) is 5.32 Å². The molecule has 2 rings (SSSR count). The minimum absolute atomic E-state index is 0.0431. The normalized spacial score (nSPS) is 10.7. The Morgan fingerprint density at radius 1 is 1.00 bits per heavy atom. The van der Waals surface area contributed by atoms with Crippen molar-refractivity contribution in [3.63, 3.8) is 0 Å². The average Bonchev–Trinajstić information content (AvgIpc) is 2.43. The lowest BCUT2D eigenvalue weighted by atomic mass is 10.1. The van der Waals surface area contributed by atoms with Crippen molar-refractivity contribution in [2.45, 2.75) is 19.7 Å². The SMILES string of the molecule is OCc1ccc(CNCc2cc(Cl)ccc2F)cc1. The molecule has 2 nitrogen and oxygen atoms in total. The van der Waals surface area contributed by atoms with Crippen molar-refractivity contribution in [3.8, 4) is 0 Å². The van der Waals surface area contributed by atoms with E-state index in [-0.39, 0.29) is 12.4 Å². The monoisotopic (exact) mass is 279 g/mol. The standard InChI is InChI=1S/C15H15ClFNO/c16-14-5-6-15(17)13(7-14)9-18-8-11-1-3-12(10-19)4-2-11/h1-7,18-19H,8-10H2. The molecule has 0 aliphatic heterocycles. The second-order valence-corrected chi connectivity index (χ2v) is 4.75. The summed E-state index contributed by atoms with van der Waals surface area (Å²) in [6, 6.07) is 12.1. The molecule has 0 heterocycles. The molecule has 0 radical (unpaired) electrons. The maximum Gasteiger partial charge on any atom is 0.127 e.